The van der Waals surface area contributed by atoms with E-state index in [0.717, 1.165) is 31.2 Å². The Balaban J connectivity index is 2.79. The van der Waals surface area contributed by atoms with E-state index in [2.05, 4.69) is 16.0 Å². The Morgan fingerprint density at radius 1 is 1.36 bits per heavy atom. The van der Waals surface area contributed by atoms with Crippen LogP contribution in [0.4, 0.5) is 4.39 Å². The second-order valence-electron chi connectivity index (χ2n) is 4.88. The molecule has 0 fully saturated rings. The Morgan fingerprint density at radius 3 is 2.48 bits per heavy atom. The second kappa shape index (κ2) is 9.12. The topological polar surface area (TPSA) is 122 Å². The van der Waals surface area contributed by atoms with Crippen molar-refractivity contribution in [2.45, 2.75) is 24.0 Å². The Hall–Kier alpha value is -2.48. The zero-order chi connectivity index (χ0) is 19.0. The molecule has 1 rings (SSSR count). The van der Waals surface area contributed by atoms with Crippen molar-refractivity contribution in [3.63, 3.8) is 0 Å². The number of ether oxygens (including phenoxy) is 1. The maximum Gasteiger partial charge on any atom is 0.327 e. The van der Waals surface area contributed by atoms with Gasteiger partial charge in [-0.3, -0.25) is 9.59 Å². The van der Waals surface area contributed by atoms with Gasteiger partial charge in [-0.15, -0.1) is 6.42 Å². The van der Waals surface area contributed by atoms with E-state index >= 15 is 0 Å². The number of hydrogen-bond acceptors (Lipinski definition) is 6. The van der Waals surface area contributed by atoms with Crippen molar-refractivity contribution >= 4 is 21.9 Å². The standard InChI is InChI=1S/C15H17FN2O6S/c1-3-8-17-13(20)9-24-15(21)14(10(2)19)18-25(22,23)12-6-4-11(16)5-7-12/h1,4-7,10,14,18-19H,8-9H2,2H3,(H,17,20)/t10-,14+/m1/s1. The van der Waals surface area contributed by atoms with Gasteiger partial charge in [0.05, 0.1) is 17.5 Å². The van der Waals surface area contributed by atoms with Crippen molar-refractivity contribution in [3.8, 4) is 12.3 Å². The van der Waals surface area contributed by atoms with Gasteiger partial charge in [0.15, 0.2) is 6.61 Å². The lowest BCUT2D eigenvalue weighted by Gasteiger charge is -2.19. The van der Waals surface area contributed by atoms with Crippen LogP contribution in [0.15, 0.2) is 29.2 Å². The van der Waals surface area contributed by atoms with Crippen molar-refractivity contribution in [3.05, 3.63) is 30.1 Å². The number of aliphatic hydroxyl groups excluding tert-OH is 1. The largest absolute Gasteiger partial charge is 0.454 e. The summed E-state index contributed by atoms with van der Waals surface area (Å²) in [4.78, 5) is 22.9. The van der Waals surface area contributed by atoms with Crippen LogP contribution in [-0.2, 0) is 24.3 Å². The predicted molar refractivity (Wildman–Crippen MR) is 85.0 cm³/mol. The molecule has 136 valence electrons. The van der Waals surface area contributed by atoms with Gasteiger partial charge < -0.3 is 15.2 Å². The fourth-order valence-electron chi connectivity index (χ4n) is 1.62. The van der Waals surface area contributed by atoms with E-state index in [1.54, 1.807) is 0 Å². The summed E-state index contributed by atoms with van der Waals surface area (Å²) in [6.45, 7) is 0.410. The highest BCUT2D eigenvalue weighted by Crippen LogP contribution is 2.11. The van der Waals surface area contributed by atoms with Crippen molar-refractivity contribution in [2.75, 3.05) is 13.2 Å². The lowest BCUT2D eigenvalue weighted by atomic mass is 10.2. The Kier molecular flexibility index (Phi) is 7.50. The third-order valence-electron chi connectivity index (χ3n) is 2.88. The molecule has 1 amide bonds. The smallest absolute Gasteiger partial charge is 0.327 e. The van der Waals surface area contributed by atoms with Crippen LogP contribution in [0, 0.1) is 18.2 Å². The van der Waals surface area contributed by atoms with Crippen molar-refractivity contribution in [1.29, 1.82) is 0 Å². The molecule has 1 aromatic rings. The summed E-state index contributed by atoms with van der Waals surface area (Å²) in [5.74, 6) is -0.325. The quantitative estimate of drug-likeness (QED) is 0.404. The number of aliphatic hydroxyl groups is 1. The number of hydrogen-bond donors (Lipinski definition) is 3. The van der Waals surface area contributed by atoms with Crippen LogP contribution in [0.3, 0.4) is 0 Å². The van der Waals surface area contributed by atoms with Gasteiger partial charge in [-0.1, -0.05) is 5.92 Å². The molecule has 0 spiro atoms. The van der Waals surface area contributed by atoms with E-state index in [0.29, 0.717) is 0 Å². The summed E-state index contributed by atoms with van der Waals surface area (Å²) in [5, 5.41) is 11.9. The first-order chi connectivity index (χ1) is 11.7. The van der Waals surface area contributed by atoms with Crippen LogP contribution in [0.25, 0.3) is 0 Å². The maximum atomic E-state index is 12.9. The van der Waals surface area contributed by atoms with Gasteiger partial charge >= 0.3 is 5.97 Å². The number of terminal acetylenes is 1. The van der Waals surface area contributed by atoms with E-state index in [-0.39, 0.29) is 11.4 Å². The molecule has 25 heavy (non-hydrogen) atoms. The molecular formula is C15H17FN2O6S. The van der Waals surface area contributed by atoms with Crippen LogP contribution < -0.4 is 10.0 Å². The zero-order valence-electron chi connectivity index (χ0n) is 13.2. The van der Waals surface area contributed by atoms with Crippen molar-refractivity contribution in [2.24, 2.45) is 0 Å². The third-order valence-corrected chi connectivity index (χ3v) is 4.33. The molecule has 1 aromatic carbocycles. The minimum Gasteiger partial charge on any atom is -0.454 e. The van der Waals surface area contributed by atoms with Gasteiger partial charge in [0, 0.05) is 0 Å². The van der Waals surface area contributed by atoms with Gasteiger partial charge in [0.25, 0.3) is 5.91 Å². The molecule has 8 nitrogen and oxygen atoms in total. The lowest BCUT2D eigenvalue weighted by molar-refractivity contribution is -0.152. The molecule has 10 heteroatoms. The Labute approximate surface area is 144 Å². The van der Waals surface area contributed by atoms with Gasteiger partial charge in [0.1, 0.15) is 11.9 Å². The Morgan fingerprint density at radius 2 is 1.96 bits per heavy atom. The SMILES string of the molecule is C#CCNC(=O)COC(=O)[C@@H](NS(=O)(=O)c1ccc(F)cc1)[C@@H](C)O. The molecule has 0 heterocycles. The fraction of sp³-hybridized carbons (Fsp3) is 0.333. The van der Waals surface area contributed by atoms with Gasteiger partial charge in [-0.2, -0.15) is 4.72 Å². The normalized spacial score (nSPS) is 13.4. The average Bonchev–Trinajstić information content (AvgIpc) is 2.55. The van der Waals surface area contributed by atoms with Crippen LogP contribution in [0.5, 0.6) is 0 Å². The molecule has 0 saturated carbocycles. The van der Waals surface area contributed by atoms with Crippen molar-refractivity contribution in [1.82, 2.24) is 10.0 Å². The summed E-state index contributed by atoms with van der Waals surface area (Å²) in [5.41, 5.74) is 0. The number of nitrogens with one attached hydrogen (secondary N) is 2. The molecule has 0 saturated heterocycles. The number of carbonyl (C=O) groups is 2. The highest BCUT2D eigenvalue weighted by atomic mass is 32.2. The zero-order valence-corrected chi connectivity index (χ0v) is 14.0. The lowest BCUT2D eigenvalue weighted by Crippen LogP contribution is -2.49. The molecule has 0 radical (unpaired) electrons. The van der Waals surface area contributed by atoms with E-state index < -0.39 is 46.5 Å². The third kappa shape index (κ3) is 6.50. The molecular weight excluding hydrogens is 355 g/mol. The van der Waals surface area contributed by atoms with Crippen LogP contribution in [0.2, 0.25) is 0 Å². The van der Waals surface area contributed by atoms with E-state index in [4.69, 9.17) is 6.42 Å². The second-order valence-corrected chi connectivity index (χ2v) is 6.60. The minimum absolute atomic E-state index is 0.0621. The molecule has 0 aromatic heterocycles. The summed E-state index contributed by atoms with van der Waals surface area (Å²) in [7, 11) is -4.22. The average molecular weight is 372 g/mol. The molecule has 0 aliphatic heterocycles. The number of rotatable bonds is 8. The number of carbonyl (C=O) groups excluding carboxylic acids is 2. The summed E-state index contributed by atoms with van der Waals surface area (Å²) >= 11 is 0. The van der Waals surface area contributed by atoms with E-state index in [1.807, 2.05) is 4.72 Å². The van der Waals surface area contributed by atoms with Crippen LogP contribution >= 0.6 is 0 Å². The number of esters is 1. The van der Waals surface area contributed by atoms with Crippen LogP contribution in [-0.4, -0.2) is 50.7 Å². The number of benzene rings is 1. The van der Waals surface area contributed by atoms with E-state index in [1.165, 1.54) is 0 Å². The van der Waals surface area contributed by atoms with Gasteiger partial charge in [0.2, 0.25) is 10.0 Å². The maximum absolute atomic E-state index is 12.9. The summed E-state index contributed by atoms with van der Waals surface area (Å²) < 4.78 is 43.9. The number of sulfonamides is 1. The highest BCUT2D eigenvalue weighted by molar-refractivity contribution is 7.89. The predicted octanol–water partition coefficient (Wildman–Crippen LogP) is -0.854. The van der Waals surface area contributed by atoms with Crippen LogP contribution in [0.1, 0.15) is 6.92 Å². The first kappa shape index (κ1) is 20.6. The fourth-order valence-corrected chi connectivity index (χ4v) is 2.88. The highest BCUT2D eigenvalue weighted by Gasteiger charge is 2.31. The monoisotopic (exact) mass is 372 g/mol. The first-order valence-corrected chi connectivity index (χ1v) is 8.48. The van der Waals surface area contributed by atoms with Crippen molar-refractivity contribution < 1.29 is 32.2 Å². The number of amides is 1. The van der Waals surface area contributed by atoms with Gasteiger partial charge in [-0.05, 0) is 31.2 Å². The molecule has 0 aliphatic rings. The first-order valence-electron chi connectivity index (χ1n) is 7.00. The molecule has 3 N–H and O–H groups in total. The molecule has 0 unspecified atom stereocenters. The minimum atomic E-state index is -4.22. The Bertz CT molecular complexity index is 755. The molecule has 0 aliphatic carbocycles. The van der Waals surface area contributed by atoms with Gasteiger partial charge in [-0.25, -0.2) is 12.8 Å². The number of halogens is 1. The molecule has 2 atom stereocenters. The summed E-state index contributed by atoms with van der Waals surface area (Å²) in [6.07, 6.45) is 3.50. The van der Waals surface area contributed by atoms with E-state index in [9.17, 15) is 27.5 Å². The summed E-state index contributed by atoms with van der Waals surface area (Å²) in [6, 6.07) is 2.20. The molecule has 0 bridgehead atoms.